The minimum atomic E-state index is -4.88. The number of phenolic OH excluding ortho intramolecular Hbond substituents is 1. The largest absolute Gasteiger partial charge is 0.573 e. The van der Waals surface area contributed by atoms with Crippen molar-refractivity contribution < 1.29 is 32.5 Å². The number of ether oxygens (including phenoxy) is 2. The number of hydrogen-bond donors (Lipinski definition) is 2. The number of halogens is 3. The van der Waals surface area contributed by atoms with E-state index in [2.05, 4.69) is 26.5 Å². The Bertz CT molecular complexity index is 1170. The molecule has 0 unspecified atom stereocenters. The molecule has 2 aliphatic heterocycles. The molecular weight excluding hydrogens is 505 g/mol. The van der Waals surface area contributed by atoms with Gasteiger partial charge in [-0.15, -0.1) is 13.2 Å². The highest BCUT2D eigenvalue weighted by molar-refractivity contribution is 5.87. The molecule has 1 fully saturated rings. The van der Waals surface area contributed by atoms with Crippen molar-refractivity contribution in [1.29, 1.82) is 0 Å². The summed E-state index contributed by atoms with van der Waals surface area (Å²) in [6.07, 6.45) is -3.37. The van der Waals surface area contributed by atoms with E-state index in [0.717, 1.165) is 17.7 Å². The molecule has 0 bridgehead atoms. The van der Waals surface area contributed by atoms with Gasteiger partial charge in [0, 0.05) is 50.9 Å². The average Bonchev–Trinajstić information content (AvgIpc) is 2.88. The van der Waals surface area contributed by atoms with E-state index in [1.165, 1.54) is 12.1 Å². The maximum Gasteiger partial charge on any atom is 0.573 e. The van der Waals surface area contributed by atoms with Crippen LogP contribution in [0.3, 0.4) is 0 Å². The van der Waals surface area contributed by atoms with Crippen molar-refractivity contribution in [1.82, 2.24) is 20.2 Å². The summed E-state index contributed by atoms with van der Waals surface area (Å²) >= 11 is 0. The highest BCUT2D eigenvalue weighted by Crippen LogP contribution is 2.39. The molecule has 1 aromatic heterocycles. The van der Waals surface area contributed by atoms with Crippen LogP contribution in [0.5, 0.6) is 17.5 Å². The van der Waals surface area contributed by atoms with Gasteiger partial charge in [-0.2, -0.15) is 9.97 Å². The zero-order valence-corrected chi connectivity index (χ0v) is 21.3. The number of fused-ring (bicyclic) bond motifs is 1. The van der Waals surface area contributed by atoms with E-state index in [0.29, 0.717) is 57.2 Å². The molecular formula is C25H31F3N6O4. The topological polar surface area (TPSA) is 103 Å². The molecule has 2 aliphatic rings. The molecule has 0 aliphatic carbocycles. The van der Waals surface area contributed by atoms with Crippen LogP contribution in [-0.4, -0.2) is 84.7 Å². The van der Waals surface area contributed by atoms with Crippen molar-refractivity contribution >= 4 is 17.4 Å². The second kappa shape index (κ2) is 11.3. The number of carbonyl (C=O) groups excluding carboxylic acids is 1. The molecule has 10 nitrogen and oxygen atoms in total. The zero-order chi connectivity index (χ0) is 27.4. The van der Waals surface area contributed by atoms with Crippen LogP contribution in [-0.2, 0) is 17.8 Å². The van der Waals surface area contributed by atoms with Gasteiger partial charge in [-0.05, 0) is 38.6 Å². The summed E-state index contributed by atoms with van der Waals surface area (Å²) in [4.78, 5) is 26.8. The third-order valence-electron chi connectivity index (χ3n) is 6.40. The normalized spacial score (nSPS) is 16.6. The van der Waals surface area contributed by atoms with Crippen LogP contribution in [0.25, 0.3) is 0 Å². The highest BCUT2D eigenvalue weighted by atomic mass is 19.4. The lowest BCUT2D eigenvalue weighted by molar-refractivity contribution is -0.274. The fourth-order valence-corrected chi connectivity index (χ4v) is 4.65. The summed E-state index contributed by atoms with van der Waals surface area (Å²) in [6, 6.07) is 3.65. The molecule has 3 heterocycles. The number of likely N-dealkylation sites (N-methyl/N-ethyl adjacent to an activating group) is 1. The van der Waals surface area contributed by atoms with Crippen molar-refractivity contribution in [2.45, 2.75) is 32.4 Å². The molecule has 4 rings (SSSR count). The first-order valence-corrected chi connectivity index (χ1v) is 12.3. The average molecular weight is 537 g/mol. The van der Waals surface area contributed by atoms with Crippen LogP contribution >= 0.6 is 0 Å². The Hall–Kier alpha value is -3.74. The van der Waals surface area contributed by atoms with Gasteiger partial charge in [0.05, 0.1) is 17.9 Å². The van der Waals surface area contributed by atoms with Crippen LogP contribution in [0.1, 0.15) is 18.2 Å². The monoisotopic (exact) mass is 536 g/mol. The lowest BCUT2D eigenvalue weighted by Gasteiger charge is -2.38. The van der Waals surface area contributed by atoms with E-state index in [-0.39, 0.29) is 36.0 Å². The number of benzene rings is 1. The van der Waals surface area contributed by atoms with Crippen LogP contribution in [0, 0.1) is 0 Å². The number of amides is 1. The lowest BCUT2D eigenvalue weighted by Crippen LogP contribution is -2.49. The third kappa shape index (κ3) is 6.39. The molecule has 1 saturated heterocycles. The fraction of sp³-hybridized carbons (Fsp3) is 0.480. The third-order valence-corrected chi connectivity index (χ3v) is 6.40. The Morgan fingerprint density at radius 3 is 2.61 bits per heavy atom. The summed E-state index contributed by atoms with van der Waals surface area (Å²) < 4.78 is 49.3. The Labute approximate surface area is 218 Å². The summed E-state index contributed by atoms with van der Waals surface area (Å²) in [6.45, 7) is 8.61. The lowest BCUT2D eigenvalue weighted by atomic mass is 10.0. The van der Waals surface area contributed by atoms with Crippen molar-refractivity contribution in [3.05, 3.63) is 42.1 Å². The molecule has 0 radical (unpaired) electrons. The van der Waals surface area contributed by atoms with Gasteiger partial charge in [0.1, 0.15) is 17.7 Å². The van der Waals surface area contributed by atoms with Gasteiger partial charge >= 0.3 is 12.4 Å². The van der Waals surface area contributed by atoms with Crippen molar-refractivity contribution in [2.24, 2.45) is 0 Å². The molecule has 1 aromatic carbocycles. The number of aromatic hydroxyl groups is 1. The van der Waals surface area contributed by atoms with E-state index in [4.69, 9.17) is 9.72 Å². The van der Waals surface area contributed by atoms with Crippen molar-refractivity contribution in [2.75, 3.05) is 56.1 Å². The van der Waals surface area contributed by atoms with Gasteiger partial charge in [-0.1, -0.05) is 6.58 Å². The predicted octanol–water partition coefficient (Wildman–Crippen LogP) is 2.46. The van der Waals surface area contributed by atoms with E-state index in [1.807, 2.05) is 6.92 Å². The number of piperazine rings is 1. The number of alkyl halides is 3. The van der Waals surface area contributed by atoms with Crippen LogP contribution in [0.4, 0.5) is 24.7 Å². The second-order valence-electron chi connectivity index (χ2n) is 9.13. The van der Waals surface area contributed by atoms with Gasteiger partial charge in [0.25, 0.3) is 0 Å². The van der Waals surface area contributed by atoms with E-state index < -0.39 is 12.1 Å². The molecule has 2 aromatic rings. The minimum Gasteiger partial charge on any atom is -0.508 e. The number of rotatable bonds is 8. The van der Waals surface area contributed by atoms with Gasteiger partial charge < -0.3 is 34.6 Å². The molecule has 2 N–H and O–H groups in total. The fourth-order valence-electron chi connectivity index (χ4n) is 4.65. The first kappa shape index (κ1) is 27.3. The first-order valence-electron chi connectivity index (χ1n) is 12.3. The van der Waals surface area contributed by atoms with Crippen LogP contribution < -0.4 is 24.6 Å². The van der Waals surface area contributed by atoms with Crippen molar-refractivity contribution in [3.8, 4) is 17.5 Å². The summed E-state index contributed by atoms with van der Waals surface area (Å²) in [5.74, 6) is -0.0247. The Balaban J connectivity index is 1.66. The maximum atomic E-state index is 13.0. The summed E-state index contributed by atoms with van der Waals surface area (Å²) in [5.41, 5.74) is 1.59. The maximum absolute atomic E-state index is 13.0. The molecule has 1 amide bonds. The molecule has 38 heavy (non-hydrogen) atoms. The number of nitrogens with zero attached hydrogens (tertiary/aromatic N) is 5. The smallest absolute Gasteiger partial charge is 0.508 e. The molecule has 206 valence electrons. The van der Waals surface area contributed by atoms with Gasteiger partial charge in [-0.3, -0.25) is 4.79 Å². The van der Waals surface area contributed by atoms with Crippen LogP contribution in [0.15, 0.2) is 30.9 Å². The molecule has 0 spiro atoms. The Morgan fingerprint density at radius 1 is 1.21 bits per heavy atom. The highest BCUT2D eigenvalue weighted by Gasteiger charge is 2.34. The number of aromatic nitrogens is 2. The second-order valence-corrected chi connectivity index (χ2v) is 9.13. The zero-order valence-electron chi connectivity index (χ0n) is 21.3. The van der Waals surface area contributed by atoms with Gasteiger partial charge in [0.15, 0.2) is 5.75 Å². The van der Waals surface area contributed by atoms with Crippen molar-refractivity contribution in [3.63, 3.8) is 0 Å². The Morgan fingerprint density at radius 2 is 1.95 bits per heavy atom. The number of anilines is 2. The molecule has 0 saturated carbocycles. The van der Waals surface area contributed by atoms with Gasteiger partial charge in [-0.25, -0.2) is 0 Å². The SMILES string of the molecule is C=CC(=O)N1CCN(c2nc(O[C@H](C)CNC)nc3c2CCN(c2cc(O)ccc2OC(F)(F)F)C3)CC1. The quantitative estimate of drug-likeness (QED) is 0.493. The minimum absolute atomic E-state index is 0.107. The predicted molar refractivity (Wildman–Crippen MR) is 135 cm³/mol. The Kier molecular flexibility index (Phi) is 8.14. The number of phenols is 1. The van der Waals surface area contributed by atoms with Crippen LogP contribution in [0.2, 0.25) is 0 Å². The molecule has 13 heteroatoms. The summed E-state index contributed by atoms with van der Waals surface area (Å²) in [7, 11) is 1.80. The molecule has 1 atom stereocenters. The van der Waals surface area contributed by atoms with Gasteiger partial charge in [0.2, 0.25) is 5.91 Å². The van der Waals surface area contributed by atoms with E-state index in [9.17, 15) is 23.1 Å². The number of nitrogens with one attached hydrogen (secondary N) is 1. The number of hydrogen-bond acceptors (Lipinski definition) is 9. The van der Waals surface area contributed by atoms with E-state index >= 15 is 0 Å². The first-order chi connectivity index (χ1) is 18.1. The summed E-state index contributed by atoms with van der Waals surface area (Å²) in [5, 5.41) is 13.0. The standard InChI is InChI=1S/C25H31F3N6O4/c1-4-22(36)32-9-11-33(12-10-32)23-18-7-8-34(15-19(18)30-24(31-23)37-16(2)14-29-3)20-13-17(35)5-6-21(20)38-25(26,27)28/h4-6,13,16,29,35H,1,7-12,14-15H2,2-3H3/t16-/m1/s1. The van der Waals surface area contributed by atoms with E-state index in [1.54, 1.807) is 16.8 Å². The number of carbonyl (C=O) groups is 1.